The van der Waals surface area contributed by atoms with E-state index < -0.39 is 0 Å². The first kappa shape index (κ1) is 17.8. The van der Waals surface area contributed by atoms with Gasteiger partial charge in [-0.1, -0.05) is 36.8 Å². The van der Waals surface area contributed by atoms with Crippen molar-refractivity contribution in [3.63, 3.8) is 0 Å². The van der Waals surface area contributed by atoms with Crippen molar-refractivity contribution in [2.75, 3.05) is 34.2 Å². The van der Waals surface area contributed by atoms with E-state index in [-0.39, 0.29) is 0 Å². The van der Waals surface area contributed by atoms with Crippen LogP contribution in [0.1, 0.15) is 36.8 Å². The Hall–Kier alpha value is -1.55. The van der Waals surface area contributed by atoms with Crippen molar-refractivity contribution < 1.29 is 0 Å². The molecule has 0 aliphatic heterocycles. The van der Waals surface area contributed by atoms with Gasteiger partial charge in [0.25, 0.3) is 0 Å². The maximum absolute atomic E-state index is 4.35. The minimum Gasteiger partial charge on any atom is -0.356 e. The van der Waals surface area contributed by atoms with Gasteiger partial charge in [-0.3, -0.25) is 4.99 Å². The molecule has 2 atom stereocenters. The molecule has 0 heterocycles. The van der Waals surface area contributed by atoms with Gasteiger partial charge in [0, 0.05) is 26.2 Å². The summed E-state index contributed by atoms with van der Waals surface area (Å²) in [6.45, 7) is 6.21. The van der Waals surface area contributed by atoms with E-state index >= 15 is 0 Å². The summed E-state index contributed by atoms with van der Waals surface area (Å²) in [5, 5.41) is 6.94. The van der Waals surface area contributed by atoms with Crippen molar-refractivity contribution in [3.8, 4) is 0 Å². The summed E-state index contributed by atoms with van der Waals surface area (Å²) in [6, 6.07) is 9.38. The zero-order valence-electron chi connectivity index (χ0n) is 15.3. The minimum atomic E-state index is 0.460. The number of guanidine groups is 1. The second-order valence-corrected chi connectivity index (χ2v) is 7.01. The third-order valence-electron chi connectivity index (χ3n) is 4.75. The Morgan fingerprint density at radius 3 is 2.30 bits per heavy atom. The van der Waals surface area contributed by atoms with E-state index in [0.717, 1.165) is 25.0 Å². The summed E-state index contributed by atoms with van der Waals surface area (Å²) in [7, 11) is 6.17. The molecule has 0 radical (unpaired) electrons. The van der Waals surface area contributed by atoms with Crippen molar-refractivity contribution in [1.29, 1.82) is 0 Å². The molecule has 1 aromatic carbocycles. The highest BCUT2D eigenvalue weighted by molar-refractivity contribution is 5.79. The van der Waals surface area contributed by atoms with Crippen LogP contribution in [-0.2, 0) is 0 Å². The van der Waals surface area contributed by atoms with Crippen molar-refractivity contribution in [2.24, 2.45) is 10.9 Å². The highest BCUT2D eigenvalue weighted by Gasteiger charge is 2.32. The fraction of sp³-hybridized carbons (Fsp3) is 0.632. The maximum atomic E-state index is 4.35. The van der Waals surface area contributed by atoms with Crippen molar-refractivity contribution in [1.82, 2.24) is 15.5 Å². The van der Waals surface area contributed by atoms with E-state index in [1.165, 1.54) is 24.0 Å². The van der Waals surface area contributed by atoms with E-state index in [0.29, 0.717) is 12.0 Å². The average molecular weight is 316 g/mol. The molecule has 1 aliphatic carbocycles. The Kier molecular flexibility index (Phi) is 6.46. The number of hydrogen-bond acceptors (Lipinski definition) is 2. The molecule has 23 heavy (non-hydrogen) atoms. The van der Waals surface area contributed by atoms with Crippen LogP contribution in [0.2, 0.25) is 0 Å². The number of nitrogens with zero attached hydrogens (tertiary/aromatic N) is 2. The third-order valence-corrected chi connectivity index (χ3v) is 4.75. The molecule has 2 rings (SSSR count). The van der Waals surface area contributed by atoms with Crippen molar-refractivity contribution in [3.05, 3.63) is 35.4 Å². The molecule has 1 fully saturated rings. The normalized spacial score (nSPS) is 17.9. The third kappa shape index (κ3) is 5.54. The fourth-order valence-electron chi connectivity index (χ4n) is 2.94. The largest absolute Gasteiger partial charge is 0.356 e. The SMILES string of the molecule is CN=C(NCC(C)c1ccc(C)cc1)NCC(C1CC1)N(C)C. The molecular weight excluding hydrogens is 284 g/mol. The summed E-state index contributed by atoms with van der Waals surface area (Å²) >= 11 is 0. The van der Waals surface area contributed by atoms with Crippen molar-refractivity contribution >= 4 is 5.96 Å². The van der Waals surface area contributed by atoms with Crippen LogP contribution in [0.4, 0.5) is 0 Å². The van der Waals surface area contributed by atoms with Crippen LogP contribution in [0.15, 0.2) is 29.3 Å². The molecule has 0 amide bonds. The van der Waals surface area contributed by atoms with Gasteiger partial charge in [0.15, 0.2) is 5.96 Å². The molecule has 2 N–H and O–H groups in total. The van der Waals surface area contributed by atoms with Crippen LogP contribution in [0.5, 0.6) is 0 Å². The van der Waals surface area contributed by atoms with Gasteiger partial charge in [-0.05, 0) is 51.3 Å². The first-order chi connectivity index (χ1) is 11.0. The lowest BCUT2D eigenvalue weighted by molar-refractivity contribution is 0.264. The summed E-state index contributed by atoms with van der Waals surface area (Å²) in [6.07, 6.45) is 2.72. The number of benzene rings is 1. The van der Waals surface area contributed by atoms with Gasteiger partial charge in [-0.2, -0.15) is 0 Å². The Morgan fingerprint density at radius 1 is 1.17 bits per heavy atom. The quantitative estimate of drug-likeness (QED) is 0.600. The average Bonchev–Trinajstić information content (AvgIpc) is 3.35. The number of likely N-dealkylation sites (N-methyl/N-ethyl adjacent to an activating group) is 1. The van der Waals surface area contributed by atoms with E-state index in [1.807, 2.05) is 7.05 Å². The number of hydrogen-bond donors (Lipinski definition) is 2. The number of aliphatic imine (C=N–C) groups is 1. The highest BCUT2D eigenvalue weighted by atomic mass is 15.2. The molecule has 1 aliphatic rings. The summed E-state index contributed by atoms with van der Waals surface area (Å²) < 4.78 is 0. The molecule has 1 saturated carbocycles. The van der Waals surface area contributed by atoms with Crippen LogP contribution in [0, 0.1) is 12.8 Å². The van der Waals surface area contributed by atoms with E-state index in [9.17, 15) is 0 Å². The zero-order chi connectivity index (χ0) is 16.8. The van der Waals surface area contributed by atoms with Gasteiger partial charge in [-0.15, -0.1) is 0 Å². The van der Waals surface area contributed by atoms with Crippen LogP contribution in [0.25, 0.3) is 0 Å². The van der Waals surface area contributed by atoms with Crippen LogP contribution in [-0.4, -0.2) is 51.1 Å². The smallest absolute Gasteiger partial charge is 0.191 e. The van der Waals surface area contributed by atoms with Crippen LogP contribution < -0.4 is 10.6 Å². The number of aryl methyl sites for hydroxylation is 1. The van der Waals surface area contributed by atoms with Gasteiger partial charge in [0.2, 0.25) is 0 Å². The Bertz CT molecular complexity index is 501. The first-order valence-corrected chi connectivity index (χ1v) is 8.68. The molecule has 0 aromatic heterocycles. The predicted molar refractivity (Wildman–Crippen MR) is 99.2 cm³/mol. The summed E-state index contributed by atoms with van der Waals surface area (Å²) in [5.74, 6) is 2.21. The summed E-state index contributed by atoms with van der Waals surface area (Å²) in [4.78, 5) is 6.68. The number of nitrogens with one attached hydrogen (secondary N) is 2. The standard InChI is InChI=1S/C19H32N4/c1-14-6-8-16(9-7-14)15(2)12-21-19(20-3)22-13-18(23(4)5)17-10-11-17/h6-9,15,17-18H,10-13H2,1-5H3,(H2,20,21,22). The minimum absolute atomic E-state index is 0.460. The molecule has 0 saturated heterocycles. The molecule has 2 unspecified atom stereocenters. The topological polar surface area (TPSA) is 39.7 Å². The monoisotopic (exact) mass is 316 g/mol. The molecule has 4 heteroatoms. The fourth-order valence-corrected chi connectivity index (χ4v) is 2.94. The predicted octanol–water partition coefficient (Wildman–Crippen LogP) is 2.60. The maximum Gasteiger partial charge on any atom is 0.191 e. The van der Waals surface area contributed by atoms with Gasteiger partial charge < -0.3 is 15.5 Å². The lowest BCUT2D eigenvalue weighted by atomic mass is 10.0. The van der Waals surface area contributed by atoms with E-state index in [1.54, 1.807) is 0 Å². The molecule has 128 valence electrons. The zero-order valence-corrected chi connectivity index (χ0v) is 15.3. The lowest BCUT2D eigenvalue weighted by Gasteiger charge is -2.25. The van der Waals surface area contributed by atoms with Crippen LogP contribution >= 0.6 is 0 Å². The Morgan fingerprint density at radius 2 is 1.78 bits per heavy atom. The lowest BCUT2D eigenvalue weighted by Crippen LogP contribution is -2.46. The summed E-state index contributed by atoms with van der Waals surface area (Å²) in [5.41, 5.74) is 2.67. The second-order valence-electron chi connectivity index (χ2n) is 7.01. The Labute approximate surface area is 141 Å². The molecule has 4 nitrogen and oxygen atoms in total. The van der Waals surface area contributed by atoms with Gasteiger partial charge in [-0.25, -0.2) is 0 Å². The van der Waals surface area contributed by atoms with Gasteiger partial charge >= 0.3 is 0 Å². The number of rotatable bonds is 7. The molecule has 0 bridgehead atoms. The second kappa shape index (κ2) is 8.34. The van der Waals surface area contributed by atoms with Gasteiger partial charge in [0.05, 0.1) is 0 Å². The molecule has 1 aromatic rings. The van der Waals surface area contributed by atoms with E-state index in [4.69, 9.17) is 0 Å². The Balaban J connectivity index is 1.79. The van der Waals surface area contributed by atoms with Crippen LogP contribution in [0.3, 0.4) is 0 Å². The van der Waals surface area contributed by atoms with Gasteiger partial charge in [0.1, 0.15) is 0 Å². The highest BCUT2D eigenvalue weighted by Crippen LogP contribution is 2.34. The molecular formula is C19H32N4. The van der Waals surface area contributed by atoms with Crippen molar-refractivity contribution in [2.45, 2.75) is 38.6 Å². The first-order valence-electron chi connectivity index (χ1n) is 8.68. The van der Waals surface area contributed by atoms with E-state index in [2.05, 4.69) is 72.7 Å². The molecule has 0 spiro atoms.